The van der Waals surface area contributed by atoms with E-state index in [0.717, 1.165) is 5.69 Å². The molecular formula is C8H11Cl2N3. The quantitative estimate of drug-likeness (QED) is 0.767. The molecule has 0 saturated heterocycles. The second kappa shape index (κ2) is 4.11. The maximum atomic E-state index is 5.86. The fourth-order valence-corrected chi connectivity index (χ4v) is 1.24. The Balaban J connectivity index is 3.05. The van der Waals surface area contributed by atoms with E-state index < -0.39 is 0 Å². The fourth-order valence-electron chi connectivity index (χ4n) is 0.870. The van der Waals surface area contributed by atoms with Gasteiger partial charge in [-0.3, -0.25) is 0 Å². The minimum absolute atomic E-state index is 0.345. The Labute approximate surface area is 87.7 Å². The van der Waals surface area contributed by atoms with Gasteiger partial charge in [-0.15, -0.1) is 10.2 Å². The van der Waals surface area contributed by atoms with Gasteiger partial charge in [0.1, 0.15) is 0 Å². The molecule has 0 N–H and O–H groups in total. The number of hydrogen-bond donors (Lipinski definition) is 0. The Kier molecular flexibility index (Phi) is 3.33. The molecule has 0 radical (unpaired) electrons. The van der Waals surface area contributed by atoms with Gasteiger partial charge in [-0.05, 0) is 13.8 Å². The topological polar surface area (TPSA) is 29.0 Å². The molecule has 0 unspecified atom stereocenters. The number of halogens is 2. The van der Waals surface area contributed by atoms with E-state index in [4.69, 9.17) is 23.2 Å². The molecule has 0 amide bonds. The third-order valence-corrected chi connectivity index (χ3v) is 2.31. The van der Waals surface area contributed by atoms with Crippen LogP contribution in [0.5, 0.6) is 0 Å². The van der Waals surface area contributed by atoms with E-state index in [1.165, 1.54) is 0 Å². The summed E-state index contributed by atoms with van der Waals surface area (Å²) in [6, 6.07) is 2.05. The molecule has 13 heavy (non-hydrogen) atoms. The second-order valence-electron chi connectivity index (χ2n) is 3.05. The average molecular weight is 220 g/mol. The van der Waals surface area contributed by atoms with Crippen molar-refractivity contribution in [2.75, 3.05) is 11.9 Å². The summed E-state index contributed by atoms with van der Waals surface area (Å²) in [5.74, 6) is 0. The third kappa shape index (κ3) is 2.45. The Morgan fingerprint density at radius 2 is 1.92 bits per heavy atom. The summed E-state index contributed by atoms with van der Waals surface area (Å²) in [6.07, 6.45) is 0. The number of hydrogen-bond acceptors (Lipinski definition) is 3. The lowest BCUT2D eigenvalue weighted by atomic mass is 10.3. The molecule has 0 aromatic carbocycles. The number of anilines is 1. The number of aromatic nitrogens is 2. The molecule has 1 aromatic heterocycles. The highest BCUT2D eigenvalue weighted by atomic mass is 35.5. The van der Waals surface area contributed by atoms with Crippen molar-refractivity contribution in [2.24, 2.45) is 0 Å². The lowest BCUT2D eigenvalue weighted by Crippen LogP contribution is -2.26. The minimum atomic E-state index is 0.345. The summed E-state index contributed by atoms with van der Waals surface area (Å²) in [6.45, 7) is 4.12. The Morgan fingerprint density at radius 1 is 1.31 bits per heavy atom. The second-order valence-corrected chi connectivity index (χ2v) is 3.79. The SMILES string of the molecule is CC(C)N(C)c1cc(Cl)nnc1Cl. The molecule has 0 spiro atoms. The molecule has 1 aromatic rings. The third-order valence-electron chi connectivity index (χ3n) is 1.86. The summed E-state index contributed by atoms with van der Waals surface area (Å²) in [5.41, 5.74) is 0.802. The number of nitrogens with zero attached hydrogens (tertiary/aromatic N) is 3. The maximum Gasteiger partial charge on any atom is 0.175 e. The van der Waals surface area contributed by atoms with Gasteiger partial charge in [0.2, 0.25) is 0 Å². The normalized spacial score (nSPS) is 10.6. The highest BCUT2D eigenvalue weighted by Crippen LogP contribution is 2.25. The molecule has 0 fully saturated rings. The molecule has 0 saturated carbocycles. The zero-order valence-electron chi connectivity index (χ0n) is 7.75. The van der Waals surface area contributed by atoms with E-state index in [2.05, 4.69) is 24.0 Å². The molecular weight excluding hydrogens is 209 g/mol. The van der Waals surface area contributed by atoms with E-state index in [1.807, 2.05) is 11.9 Å². The van der Waals surface area contributed by atoms with E-state index >= 15 is 0 Å². The van der Waals surface area contributed by atoms with Crippen LogP contribution in [0.15, 0.2) is 6.07 Å². The Bertz CT molecular complexity index is 301. The fraction of sp³-hybridized carbons (Fsp3) is 0.500. The summed E-state index contributed by atoms with van der Waals surface area (Å²) < 4.78 is 0. The summed E-state index contributed by atoms with van der Waals surface area (Å²) in [5, 5.41) is 8.09. The monoisotopic (exact) mass is 219 g/mol. The van der Waals surface area contributed by atoms with Crippen molar-refractivity contribution < 1.29 is 0 Å². The van der Waals surface area contributed by atoms with Crippen LogP contribution in [0.2, 0.25) is 10.3 Å². The van der Waals surface area contributed by atoms with Crippen LogP contribution in [0.25, 0.3) is 0 Å². The molecule has 3 nitrogen and oxygen atoms in total. The predicted octanol–water partition coefficient (Wildman–Crippen LogP) is 2.63. The summed E-state index contributed by atoms with van der Waals surface area (Å²) in [4.78, 5) is 1.99. The van der Waals surface area contributed by atoms with Crippen LogP contribution in [-0.4, -0.2) is 23.3 Å². The van der Waals surface area contributed by atoms with Crippen LogP contribution in [0.1, 0.15) is 13.8 Å². The van der Waals surface area contributed by atoms with Crippen LogP contribution < -0.4 is 4.90 Å². The standard InChI is InChI=1S/C8H11Cl2N3/c1-5(2)13(3)6-4-7(9)11-12-8(6)10/h4-5H,1-3H3. The molecule has 0 atom stereocenters. The molecule has 0 aliphatic rings. The van der Waals surface area contributed by atoms with Gasteiger partial charge in [0.05, 0.1) is 5.69 Å². The van der Waals surface area contributed by atoms with Gasteiger partial charge in [0.15, 0.2) is 10.3 Å². The van der Waals surface area contributed by atoms with Crippen LogP contribution in [0, 0.1) is 0 Å². The highest BCUT2D eigenvalue weighted by molar-refractivity contribution is 6.33. The van der Waals surface area contributed by atoms with E-state index in [9.17, 15) is 0 Å². The van der Waals surface area contributed by atoms with Crippen molar-refractivity contribution in [3.8, 4) is 0 Å². The van der Waals surface area contributed by atoms with Crippen molar-refractivity contribution in [3.63, 3.8) is 0 Å². The Hall–Kier alpha value is -0.540. The predicted molar refractivity (Wildman–Crippen MR) is 55.6 cm³/mol. The zero-order valence-corrected chi connectivity index (χ0v) is 9.26. The van der Waals surface area contributed by atoms with Gasteiger partial charge < -0.3 is 4.90 Å². The molecule has 72 valence electrons. The van der Waals surface area contributed by atoms with Crippen LogP contribution >= 0.6 is 23.2 Å². The lowest BCUT2D eigenvalue weighted by Gasteiger charge is -2.23. The molecule has 1 heterocycles. The van der Waals surface area contributed by atoms with E-state index in [0.29, 0.717) is 16.3 Å². The molecule has 0 aliphatic heterocycles. The van der Waals surface area contributed by atoms with Crippen molar-refractivity contribution in [3.05, 3.63) is 16.4 Å². The first-order chi connectivity index (χ1) is 6.02. The largest absolute Gasteiger partial charge is 0.370 e. The van der Waals surface area contributed by atoms with Gasteiger partial charge >= 0.3 is 0 Å². The van der Waals surface area contributed by atoms with Gasteiger partial charge in [0, 0.05) is 19.2 Å². The molecule has 5 heteroatoms. The number of rotatable bonds is 2. The highest BCUT2D eigenvalue weighted by Gasteiger charge is 2.11. The first kappa shape index (κ1) is 10.5. The summed E-state index contributed by atoms with van der Waals surface area (Å²) >= 11 is 11.6. The van der Waals surface area contributed by atoms with Crippen molar-refractivity contribution >= 4 is 28.9 Å². The van der Waals surface area contributed by atoms with Gasteiger partial charge in [-0.1, -0.05) is 23.2 Å². The smallest absolute Gasteiger partial charge is 0.175 e. The van der Waals surface area contributed by atoms with Crippen molar-refractivity contribution in [2.45, 2.75) is 19.9 Å². The molecule has 0 aliphatic carbocycles. The van der Waals surface area contributed by atoms with E-state index in [-0.39, 0.29) is 0 Å². The maximum absolute atomic E-state index is 5.86. The van der Waals surface area contributed by atoms with Crippen molar-refractivity contribution in [1.82, 2.24) is 10.2 Å². The Morgan fingerprint density at radius 3 is 2.46 bits per heavy atom. The summed E-state index contributed by atoms with van der Waals surface area (Å²) in [7, 11) is 1.93. The molecule has 1 rings (SSSR count). The van der Waals surface area contributed by atoms with Gasteiger partial charge in [-0.2, -0.15) is 0 Å². The first-order valence-corrected chi connectivity index (χ1v) is 4.69. The zero-order chi connectivity index (χ0) is 10.0. The lowest BCUT2D eigenvalue weighted by molar-refractivity contribution is 0.750. The van der Waals surface area contributed by atoms with E-state index in [1.54, 1.807) is 6.07 Å². The van der Waals surface area contributed by atoms with Crippen LogP contribution in [-0.2, 0) is 0 Å². The molecule has 0 bridgehead atoms. The minimum Gasteiger partial charge on any atom is -0.370 e. The van der Waals surface area contributed by atoms with Crippen LogP contribution in [0.4, 0.5) is 5.69 Å². The van der Waals surface area contributed by atoms with Crippen LogP contribution in [0.3, 0.4) is 0 Å². The van der Waals surface area contributed by atoms with Crippen molar-refractivity contribution in [1.29, 1.82) is 0 Å². The van der Waals surface area contributed by atoms with Gasteiger partial charge in [0.25, 0.3) is 0 Å². The van der Waals surface area contributed by atoms with Gasteiger partial charge in [-0.25, -0.2) is 0 Å². The average Bonchev–Trinajstić information content (AvgIpc) is 2.08. The first-order valence-electron chi connectivity index (χ1n) is 3.94.